The average molecular weight is 135 g/mol. The van der Waals surface area contributed by atoms with Gasteiger partial charge in [0.1, 0.15) is 6.54 Å². The Bertz CT molecular complexity index is 300. The van der Waals surface area contributed by atoms with E-state index in [9.17, 15) is 4.79 Å². The van der Waals surface area contributed by atoms with Gasteiger partial charge >= 0.3 is 0 Å². The number of carbonyl (C=O) groups is 1. The molecule has 50 valence electrons. The fourth-order valence-electron chi connectivity index (χ4n) is 0.898. The summed E-state index contributed by atoms with van der Waals surface area (Å²) >= 11 is 0. The molecule has 0 aromatic carbocycles. The number of imidazole rings is 1. The van der Waals surface area contributed by atoms with E-state index in [1.54, 1.807) is 17.0 Å². The second-order valence-electron chi connectivity index (χ2n) is 2.07. The van der Waals surface area contributed by atoms with Gasteiger partial charge in [0.2, 0.25) is 0 Å². The maximum Gasteiger partial charge on any atom is 0.265 e. The summed E-state index contributed by atoms with van der Waals surface area (Å²) in [5, 5.41) is 0. The lowest BCUT2D eigenvalue weighted by Gasteiger charge is -2.04. The predicted molar refractivity (Wildman–Crippen MR) is 34.8 cm³/mol. The first-order valence-corrected chi connectivity index (χ1v) is 2.94. The zero-order valence-corrected chi connectivity index (χ0v) is 5.19. The van der Waals surface area contributed by atoms with Crippen LogP contribution in [0.3, 0.4) is 0 Å². The Balaban J connectivity index is 2.52. The van der Waals surface area contributed by atoms with Crippen molar-refractivity contribution < 1.29 is 4.79 Å². The molecule has 0 saturated carbocycles. The minimum absolute atomic E-state index is 0.120. The van der Waals surface area contributed by atoms with E-state index < -0.39 is 0 Å². The number of aliphatic imine (C=N–C) groups is 1. The minimum atomic E-state index is -0.120. The average Bonchev–Trinajstić information content (AvgIpc) is 2.33. The van der Waals surface area contributed by atoms with Crippen molar-refractivity contribution in [2.45, 2.75) is 6.54 Å². The van der Waals surface area contributed by atoms with Crippen molar-refractivity contribution in [3.63, 3.8) is 0 Å². The van der Waals surface area contributed by atoms with Crippen LogP contribution in [0.15, 0.2) is 17.4 Å². The van der Waals surface area contributed by atoms with Crippen LogP contribution in [-0.2, 0) is 11.3 Å². The third kappa shape index (κ3) is 0.655. The molecule has 2 heterocycles. The first-order valence-electron chi connectivity index (χ1n) is 2.94. The first-order chi connectivity index (χ1) is 4.86. The van der Waals surface area contributed by atoms with Crippen molar-refractivity contribution in [3.05, 3.63) is 18.2 Å². The monoisotopic (exact) mass is 135 g/mol. The maximum absolute atomic E-state index is 10.7. The lowest BCUT2D eigenvalue weighted by molar-refractivity contribution is -0.118. The molecule has 0 unspecified atom stereocenters. The van der Waals surface area contributed by atoms with Crippen molar-refractivity contribution in [2.24, 2.45) is 4.99 Å². The molecule has 0 N–H and O–H groups in total. The minimum Gasteiger partial charge on any atom is -0.321 e. The van der Waals surface area contributed by atoms with Crippen LogP contribution in [0.1, 0.15) is 5.82 Å². The van der Waals surface area contributed by atoms with Gasteiger partial charge in [-0.25, -0.2) is 9.98 Å². The summed E-state index contributed by atoms with van der Waals surface area (Å²) in [6, 6.07) is 0. The summed E-state index contributed by atoms with van der Waals surface area (Å²) in [5.74, 6) is 0.630. The second kappa shape index (κ2) is 1.76. The van der Waals surface area contributed by atoms with Crippen molar-refractivity contribution in [1.29, 1.82) is 0 Å². The Labute approximate surface area is 57.2 Å². The highest BCUT2D eigenvalue weighted by Crippen LogP contribution is 1.99. The molecule has 0 fully saturated rings. The van der Waals surface area contributed by atoms with E-state index in [0.29, 0.717) is 6.54 Å². The van der Waals surface area contributed by atoms with Crippen LogP contribution in [0, 0.1) is 0 Å². The number of nitrogens with zero attached hydrogens (tertiary/aromatic N) is 3. The molecule has 4 nitrogen and oxygen atoms in total. The maximum atomic E-state index is 10.7. The van der Waals surface area contributed by atoms with E-state index in [0.717, 1.165) is 5.82 Å². The molecule has 1 amide bonds. The molecule has 10 heavy (non-hydrogen) atoms. The summed E-state index contributed by atoms with van der Waals surface area (Å²) < 4.78 is 1.76. The van der Waals surface area contributed by atoms with E-state index >= 15 is 0 Å². The number of hydrogen-bond acceptors (Lipinski definition) is 2. The highest BCUT2D eigenvalue weighted by Gasteiger charge is 2.09. The Morgan fingerprint density at radius 2 is 2.50 bits per heavy atom. The molecule has 1 aliphatic rings. The summed E-state index contributed by atoms with van der Waals surface area (Å²) in [7, 11) is 0. The number of rotatable bonds is 0. The second-order valence-corrected chi connectivity index (χ2v) is 2.07. The number of amides is 1. The van der Waals surface area contributed by atoms with Crippen LogP contribution in [0.5, 0.6) is 0 Å². The van der Waals surface area contributed by atoms with Gasteiger partial charge in [-0.05, 0) is 0 Å². The molecule has 1 aliphatic heterocycles. The summed E-state index contributed by atoms with van der Waals surface area (Å²) in [4.78, 5) is 18.2. The molecule has 0 radical (unpaired) electrons. The van der Waals surface area contributed by atoms with Gasteiger partial charge in [-0.2, -0.15) is 0 Å². The Kier molecular flexibility index (Phi) is 0.943. The zero-order chi connectivity index (χ0) is 6.97. The molecule has 0 spiro atoms. The van der Waals surface area contributed by atoms with Gasteiger partial charge in [0, 0.05) is 12.4 Å². The largest absolute Gasteiger partial charge is 0.321 e. The van der Waals surface area contributed by atoms with Crippen LogP contribution >= 0.6 is 0 Å². The molecule has 0 atom stereocenters. The van der Waals surface area contributed by atoms with Gasteiger partial charge in [0.05, 0.1) is 6.21 Å². The van der Waals surface area contributed by atoms with Gasteiger partial charge in [-0.15, -0.1) is 0 Å². The Morgan fingerprint density at radius 3 is 3.40 bits per heavy atom. The van der Waals surface area contributed by atoms with Crippen molar-refractivity contribution in [3.8, 4) is 0 Å². The SMILES string of the molecule is O=C1Cn2ccnc2C=N1. The van der Waals surface area contributed by atoms with E-state index in [1.165, 1.54) is 6.21 Å². The topological polar surface area (TPSA) is 47.2 Å². The van der Waals surface area contributed by atoms with Gasteiger partial charge < -0.3 is 4.57 Å². The van der Waals surface area contributed by atoms with E-state index in [-0.39, 0.29) is 5.91 Å². The summed E-state index contributed by atoms with van der Waals surface area (Å²) in [5.41, 5.74) is 0. The molecule has 0 bridgehead atoms. The molecule has 2 rings (SSSR count). The van der Waals surface area contributed by atoms with Crippen molar-refractivity contribution in [1.82, 2.24) is 9.55 Å². The number of carbonyl (C=O) groups excluding carboxylic acids is 1. The molecular formula is C6H5N3O. The zero-order valence-electron chi connectivity index (χ0n) is 5.19. The molecule has 0 aliphatic carbocycles. The Morgan fingerprint density at radius 1 is 1.60 bits per heavy atom. The van der Waals surface area contributed by atoms with Crippen LogP contribution in [0.25, 0.3) is 0 Å². The summed E-state index contributed by atoms with van der Waals surface area (Å²) in [6.07, 6.45) is 4.89. The van der Waals surface area contributed by atoms with Crippen molar-refractivity contribution in [2.75, 3.05) is 0 Å². The number of aromatic nitrogens is 2. The quantitative estimate of drug-likeness (QED) is 0.496. The van der Waals surface area contributed by atoms with Crippen LogP contribution in [0.2, 0.25) is 0 Å². The molecule has 1 aromatic heterocycles. The van der Waals surface area contributed by atoms with E-state index in [2.05, 4.69) is 9.98 Å². The smallest absolute Gasteiger partial charge is 0.265 e. The number of fused-ring (bicyclic) bond motifs is 1. The van der Waals surface area contributed by atoms with Gasteiger partial charge in [0.25, 0.3) is 5.91 Å². The highest BCUT2D eigenvalue weighted by molar-refractivity contribution is 5.92. The van der Waals surface area contributed by atoms with Gasteiger partial charge in [-0.3, -0.25) is 4.79 Å². The molecular weight excluding hydrogens is 130 g/mol. The molecule has 4 heteroatoms. The first kappa shape index (κ1) is 5.34. The fraction of sp³-hybridized carbons (Fsp3) is 0.167. The van der Waals surface area contributed by atoms with Crippen molar-refractivity contribution >= 4 is 12.1 Å². The van der Waals surface area contributed by atoms with Crippen LogP contribution in [-0.4, -0.2) is 21.7 Å². The highest BCUT2D eigenvalue weighted by atomic mass is 16.1. The van der Waals surface area contributed by atoms with E-state index in [1.807, 2.05) is 0 Å². The lowest BCUT2D eigenvalue weighted by Crippen LogP contribution is -2.15. The lowest BCUT2D eigenvalue weighted by atomic mass is 10.5. The summed E-state index contributed by atoms with van der Waals surface area (Å²) in [6.45, 7) is 0.325. The standard InChI is InChI=1S/C6H5N3O/c10-6-4-9-2-1-7-5(9)3-8-6/h1-3H,4H2. The third-order valence-corrected chi connectivity index (χ3v) is 1.38. The molecule has 0 saturated heterocycles. The predicted octanol–water partition coefficient (Wildman–Crippen LogP) is -0.158. The fourth-order valence-corrected chi connectivity index (χ4v) is 0.898. The van der Waals surface area contributed by atoms with Crippen LogP contribution in [0.4, 0.5) is 0 Å². The normalized spacial score (nSPS) is 15.4. The van der Waals surface area contributed by atoms with E-state index in [4.69, 9.17) is 0 Å². The molecule has 1 aromatic rings. The number of hydrogen-bond donors (Lipinski definition) is 0. The Hall–Kier alpha value is -1.45. The van der Waals surface area contributed by atoms with Crippen LogP contribution < -0.4 is 0 Å². The van der Waals surface area contributed by atoms with Gasteiger partial charge in [-0.1, -0.05) is 0 Å². The van der Waals surface area contributed by atoms with Gasteiger partial charge in [0.15, 0.2) is 5.82 Å². The third-order valence-electron chi connectivity index (χ3n) is 1.38.